The van der Waals surface area contributed by atoms with Gasteiger partial charge in [0.2, 0.25) is 0 Å². The second-order valence-electron chi connectivity index (χ2n) is 3.53. The van der Waals surface area contributed by atoms with Gasteiger partial charge in [0, 0.05) is 21.6 Å². The van der Waals surface area contributed by atoms with Crippen molar-refractivity contribution in [2.45, 2.75) is 0 Å². The van der Waals surface area contributed by atoms with Gasteiger partial charge in [0.15, 0.2) is 0 Å². The largest absolute Gasteiger partial charge is 0.354 e. The predicted molar refractivity (Wildman–Crippen MR) is 69.1 cm³/mol. The predicted octanol–water partition coefficient (Wildman–Crippen LogP) is 3.43. The van der Waals surface area contributed by atoms with Gasteiger partial charge in [-0.05, 0) is 18.2 Å². The zero-order valence-electron chi connectivity index (χ0n) is 7.97. The second kappa shape index (κ2) is 3.37. The highest BCUT2D eigenvalue weighted by Crippen LogP contribution is 2.32. The number of rotatable bonds is 0. The molecule has 3 aromatic rings. The summed E-state index contributed by atoms with van der Waals surface area (Å²) in [5.41, 5.74) is 1.51. The molecule has 16 heavy (non-hydrogen) atoms. The smallest absolute Gasteiger partial charge is 0.258 e. The lowest BCUT2D eigenvalue weighted by atomic mass is 10.2. The third-order valence-corrected chi connectivity index (χ3v) is 3.29. The number of benzene rings is 1. The number of aromatic nitrogens is 2. The van der Waals surface area contributed by atoms with Crippen LogP contribution in [0.25, 0.3) is 21.8 Å². The third kappa shape index (κ3) is 1.30. The molecule has 0 radical (unpaired) electrons. The van der Waals surface area contributed by atoms with Crippen molar-refractivity contribution < 1.29 is 0 Å². The Hall–Kier alpha value is -1.26. The molecule has 0 aliphatic rings. The summed E-state index contributed by atoms with van der Waals surface area (Å²) in [7, 11) is 0. The molecule has 0 aliphatic carbocycles. The van der Waals surface area contributed by atoms with Crippen LogP contribution >= 0.6 is 27.5 Å². The van der Waals surface area contributed by atoms with Gasteiger partial charge >= 0.3 is 0 Å². The van der Waals surface area contributed by atoms with E-state index in [0.29, 0.717) is 10.4 Å². The minimum absolute atomic E-state index is 0.132. The maximum Gasteiger partial charge on any atom is 0.258 e. The Morgan fingerprint density at radius 3 is 2.81 bits per heavy atom. The van der Waals surface area contributed by atoms with Crippen LogP contribution < -0.4 is 5.56 Å². The van der Waals surface area contributed by atoms with Crippen LogP contribution in [0.5, 0.6) is 0 Å². The van der Waals surface area contributed by atoms with Gasteiger partial charge < -0.3 is 9.97 Å². The Kier molecular flexibility index (Phi) is 2.09. The lowest BCUT2D eigenvalue weighted by Gasteiger charge is -1.95. The molecule has 3 rings (SSSR count). The van der Waals surface area contributed by atoms with E-state index in [0.717, 1.165) is 20.9 Å². The van der Waals surface area contributed by atoms with Crippen molar-refractivity contribution >= 4 is 49.3 Å². The van der Waals surface area contributed by atoms with Crippen LogP contribution in [0, 0.1) is 0 Å². The fourth-order valence-corrected chi connectivity index (χ4v) is 2.81. The maximum absolute atomic E-state index is 11.7. The first-order valence-corrected chi connectivity index (χ1v) is 5.82. The van der Waals surface area contributed by atoms with Crippen molar-refractivity contribution in [3.8, 4) is 0 Å². The average molecular weight is 298 g/mol. The van der Waals surface area contributed by atoms with Crippen molar-refractivity contribution in [3.05, 3.63) is 44.2 Å². The van der Waals surface area contributed by atoms with Crippen LogP contribution in [-0.2, 0) is 0 Å². The molecular formula is C11H6BrClN2O. The summed E-state index contributed by atoms with van der Waals surface area (Å²) in [6.45, 7) is 0. The Morgan fingerprint density at radius 2 is 2.00 bits per heavy atom. The van der Waals surface area contributed by atoms with E-state index in [2.05, 4.69) is 25.9 Å². The number of aromatic amines is 2. The van der Waals surface area contributed by atoms with E-state index in [-0.39, 0.29) is 5.56 Å². The highest BCUT2D eigenvalue weighted by molar-refractivity contribution is 9.10. The molecule has 0 bridgehead atoms. The van der Waals surface area contributed by atoms with E-state index >= 15 is 0 Å². The summed E-state index contributed by atoms with van der Waals surface area (Å²) in [6.07, 6.45) is 1.61. The molecule has 5 heteroatoms. The van der Waals surface area contributed by atoms with E-state index in [9.17, 15) is 4.79 Å². The zero-order chi connectivity index (χ0) is 11.3. The summed E-state index contributed by atoms with van der Waals surface area (Å²) < 4.78 is 0.882. The van der Waals surface area contributed by atoms with Gasteiger partial charge in [-0.3, -0.25) is 4.79 Å². The molecule has 0 amide bonds. The first-order chi connectivity index (χ1) is 7.66. The van der Waals surface area contributed by atoms with Crippen molar-refractivity contribution in [1.29, 1.82) is 0 Å². The van der Waals surface area contributed by atoms with Crippen molar-refractivity contribution in [1.82, 2.24) is 9.97 Å². The van der Waals surface area contributed by atoms with E-state index in [4.69, 9.17) is 11.6 Å². The van der Waals surface area contributed by atoms with E-state index < -0.39 is 0 Å². The van der Waals surface area contributed by atoms with E-state index in [1.165, 1.54) is 0 Å². The molecule has 2 heterocycles. The van der Waals surface area contributed by atoms with Crippen molar-refractivity contribution in [2.75, 3.05) is 0 Å². The quantitative estimate of drug-likeness (QED) is 0.656. The van der Waals surface area contributed by atoms with Crippen LogP contribution in [0.2, 0.25) is 5.02 Å². The van der Waals surface area contributed by atoms with Gasteiger partial charge in [-0.1, -0.05) is 27.5 Å². The van der Waals surface area contributed by atoms with Crippen molar-refractivity contribution in [2.24, 2.45) is 0 Å². The molecule has 3 nitrogen and oxygen atoms in total. The Bertz CT molecular complexity index is 760. The number of pyridine rings is 1. The van der Waals surface area contributed by atoms with Crippen LogP contribution in [0.3, 0.4) is 0 Å². The average Bonchev–Trinajstić information content (AvgIpc) is 2.56. The lowest BCUT2D eigenvalue weighted by molar-refractivity contribution is 1.28. The van der Waals surface area contributed by atoms with E-state index in [1.54, 1.807) is 12.3 Å². The highest BCUT2D eigenvalue weighted by Gasteiger charge is 2.11. The van der Waals surface area contributed by atoms with Gasteiger partial charge in [-0.2, -0.15) is 0 Å². The van der Waals surface area contributed by atoms with Gasteiger partial charge in [0.05, 0.1) is 15.9 Å². The number of nitrogens with one attached hydrogen (secondary N) is 2. The molecule has 0 fully saturated rings. The fourth-order valence-electron chi connectivity index (χ4n) is 1.90. The van der Waals surface area contributed by atoms with E-state index in [1.807, 2.05) is 12.1 Å². The minimum Gasteiger partial charge on any atom is -0.354 e. The Morgan fingerprint density at radius 1 is 1.19 bits per heavy atom. The molecule has 2 N–H and O–H groups in total. The first kappa shape index (κ1) is 9.93. The molecule has 0 saturated carbocycles. The molecular weight excluding hydrogens is 291 g/mol. The number of halogens is 2. The third-order valence-electron chi connectivity index (χ3n) is 2.54. The number of hydrogen-bond donors (Lipinski definition) is 2. The number of fused-ring (bicyclic) bond motifs is 3. The van der Waals surface area contributed by atoms with Crippen LogP contribution in [0.4, 0.5) is 0 Å². The molecule has 0 atom stereocenters. The Balaban J connectivity index is 2.69. The SMILES string of the molecule is O=c1[nH]ccc2[nH]c3cc(Br)cc(Cl)c3c12. The maximum atomic E-state index is 11.7. The minimum atomic E-state index is -0.132. The summed E-state index contributed by atoms with van der Waals surface area (Å²) in [5, 5.41) is 1.93. The van der Waals surface area contributed by atoms with Crippen LogP contribution in [-0.4, -0.2) is 9.97 Å². The molecule has 0 saturated heterocycles. The normalized spacial score (nSPS) is 11.4. The topological polar surface area (TPSA) is 48.6 Å². The summed E-state index contributed by atoms with van der Waals surface area (Å²) in [5.74, 6) is 0. The zero-order valence-corrected chi connectivity index (χ0v) is 10.3. The number of hydrogen-bond acceptors (Lipinski definition) is 1. The van der Waals surface area contributed by atoms with Gasteiger partial charge in [0.25, 0.3) is 5.56 Å². The molecule has 0 unspecified atom stereocenters. The van der Waals surface area contributed by atoms with Crippen molar-refractivity contribution in [3.63, 3.8) is 0 Å². The molecule has 2 aromatic heterocycles. The van der Waals surface area contributed by atoms with Crippen LogP contribution in [0.1, 0.15) is 0 Å². The second-order valence-corrected chi connectivity index (χ2v) is 4.85. The van der Waals surface area contributed by atoms with Gasteiger partial charge in [0.1, 0.15) is 0 Å². The molecule has 1 aromatic carbocycles. The standard InChI is InChI=1S/C11H6BrClN2O/c12-5-3-6(13)9-8(4-5)15-7-1-2-14-11(16)10(7)9/h1-4,15H,(H,14,16). The summed E-state index contributed by atoms with van der Waals surface area (Å²) in [4.78, 5) is 17.6. The molecule has 0 aliphatic heterocycles. The number of H-pyrrole nitrogens is 2. The lowest BCUT2D eigenvalue weighted by Crippen LogP contribution is -2.03. The van der Waals surface area contributed by atoms with Gasteiger partial charge in [-0.25, -0.2) is 0 Å². The molecule has 80 valence electrons. The fraction of sp³-hybridized carbons (Fsp3) is 0. The van der Waals surface area contributed by atoms with Gasteiger partial charge in [-0.15, -0.1) is 0 Å². The monoisotopic (exact) mass is 296 g/mol. The summed E-state index contributed by atoms with van der Waals surface area (Å²) in [6, 6.07) is 5.51. The highest BCUT2D eigenvalue weighted by atomic mass is 79.9. The Labute approximate surface area is 104 Å². The van der Waals surface area contributed by atoms with Crippen LogP contribution in [0.15, 0.2) is 33.7 Å². The summed E-state index contributed by atoms with van der Waals surface area (Å²) >= 11 is 9.52. The molecule has 0 spiro atoms. The first-order valence-electron chi connectivity index (χ1n) is 4.65.